The number of piperazine rings is 1. The Balaban J connectivity index is 0.758. The van der Waals surface area contributed by atoms with Crippen LogP contribution in [-0.2, 0) is 9.59 Å². The maximum absolute atomic E-state index is 13.3. The molecule has 3 aromatic carbocycles. The van der Waals surface area contributed by atoms with Crippen LogP contribution in [0.4, 0.5) is 17.1 Å². The topological polar surface area (TPSA) is 149 Å². The van der Waals surface area contributed by atoms with Gasteiger partial charge in [0.1, 0.15) is 12.1 Å². The minimum atomic E-state index is -0.972. The van der Waals surface area contributed by atoms with Crippen LogP contribution in [0.15, 0.2) is 60.7 Å². The summed E-state index contributed by atoms with van der Waals surface area (Å²) in [4.78, 5) is 73.8. The number of rotatable bonds is 9. The lowest BCUT2D eigenvalue weighted by Gasteiger charge is -2.45. The number of nitriles is 1. The second-order valence-corrected chi connectivity index (χ2v) is 16.1. The number of piperidine rings is 1. The van der Waals surface area contributed by atoms with Gasteiger partial charge < -0.3 is 20.0 Å². The molecule has 3 saturated heterocycles. The molecule has 4 fully saturated rings. The third kappa shape index (κ3) is 7.43. The molecule has 56 heavy (non-hydrogen) atoms. The molecule has 1 saturated carbocycles. The zero-order valence-electron chi connectivity index (χ0n) is 31.4. The summed E-state index contributed by atoms with van der Waals surface area (Å²) in [5.74, 6) is -1.47. The van der Waals surface area contributed by atoms with Crippen molar-refractivity contribution in [2.45, 2.75) is 56.7 Å². The molecule has 0 spiro atoms. The monoisotopic (exact) mass is 776 g/mol. The molecule has 13 nitrogen and oxygen atoms in total. The van der Waals surface area contributed by atoms with Crippen LogP contribution in [0.1, 0.15) is 75.2 Å². The molecule has 3 aromatic rings. The molecule has 8 rings (SSSR count). The van der Waals surface area contributed by atoms with Gasteiger partial charge in [-0.2, -0.15) is 5.26 Å². The van der Waals surface area contributed by atoms with Crippen molar-refractivity contribution in [3.05, 3.63) is 87.9 Å². The Morgan fingerprint density at radius 2 is 1.55 bits per heavy atom. The normalized spacial score (nSPS) is 23.0. The molecular weight excluding hydrogens is 732 g/mol. The van der Waals surface area contributed by atoms with Crippen LogP contribution in [0.25, 0.3) is 0 Å². The number of anilines is 3. The lowest BCUT2D eigenvalue weighted by molar-refractivity contribution is -0.136. The molecule has 5 amide bonds. The minimum Gasteiger partial charge on any atom is -0.372 e. The Kier molecular flexibility index (Phi) is 10.4. The van der Waals surface area contributed by atoms with Crippen LogP contribution in [0.5, 0.6) is 0 Å². The number of amides is 5. The number of benzene rings is 3. The van der Waals surface area contributed by atoms with Gasteiger partial charge in [-0.25, -0.2) is 0 Å². The van der Waals surface area contributed by atoms with E-state index in [0.717, 1.165) is 93.5 Å². The molecule has 0 radical (unpaired) electrons. The van der Waals surface area contributed by atoms with Gasteiger partial charge in [0.25, 0.3) is 17.7 Å². The number of nitrogens with zero attached hydrogens (tertiary/aromatic N) is 6. The maximum Gasteiger partial charge on any atom is 0.262 e. The number of nitrogens with one attached hydrogen (secondary N) is 2. The lowest BCUT2D eigenvalue weighted by Crippen LogP contribution is -2.55. The molecule has 0 bridgehead atoms. The molecule has 0 aromatic heterocycles. The first-order chi connectivity index (χ1) is 27.1. The number of imide groups is 2. The molecule has 4 aliphatic heterocycles. The van der Waals surface area contributed by atoms with E-state index in [-0.39, 0.29) is 24.8 Å². The summed E-state index contributed by atoms with van der Waals surface area (Å²) in [5, 5.41) is 15.1. The van der Waals surface area contributed by atoms with Crippen LogP contribution in [0.2, 0.25) is 5.02 Å². The smallest absolute Gasteiger partial charge is 0.262 e. The molecule has 1 aliphatic carbocycles. The molecular formula is C42H45ClN8O5. The first kappa shape index (κ1) is 37.5. The van der Waals surface area contributed by atoms with E-state index in [1.54, 1.807) is 18.2 Å². The van der Waals surface area contributed by atoms with E-state index in [1.165, 1.54) is 0 Å². The zero-order valence-corrected chi connectivity index (χ0v) is 32.1. The summed E-state index contributed by atoms with van der Waals surface area (Å²) in [6.07, 6.45) is 3.94. The van der Waals surface area contributed by atoms with E-state index in [4.69, 9.17) is 11.6 Å². The highest BCUT2D eigenvalue weighted by atomic mass is 35.5. The van der Waals surface area contributed by atoms with Crippen LogP contribution in [0.3, 0.4) is 0 Å². The Morgan fingerprint density at radius 3 is 2.23 bits per heavy atom. The summed E-state index contributed by atoms with van der Waals surface area (Å²) in [6, 6.07) is 20.4. The highest BCUT2D eigenvalue weighted by molar-refractivity contribution is 6.32. The van der Waals surface area contributed by atoms with Crippen molar-refractivity contribution in [2.75, 3.05) is 67.6 Å². The Bertz CT molecular complexity index is 2100. The zero-order chi connectivity index (χ0) is 39.1. The SMILES string of the molecule is CN(c1ccc(C#N)c(Cl)c1)[C@H]1CC[C@H](NC(=O)c2ccc(N3CC(CN4CCN(c5ccc6c(c5)C(=O)N(C5CCC(=O)NC5=O)C6=O)CC4)C3)cc2)CC1. The molecule has 290 valence electrons. The van der Waals surface area contributed by atoms with Gasteiger partial charge in [-0.3, -0.25) is 39.1 Å². The number of carbonyl (C=O) groups excluding carboxylic acids is 5. The second-order valence-electron chi connectivity index (χ2n) is 15.6. The Labute approximate surface area is 331 Å². The standard InChI is InChI=1S/C42H45ClN8O5/c1-47(32-9-4-28(22-44)36(43)21-32)30-10-5-29(6-11-30)45-39(53)27-2-7-31(8-3-27)50-24-26(25-50)23-48-16-18-49(19-17-48)33-12-13-34-35(20-33)42(56)51(41(34)55)37-14-15-38(52)46-40(37)54/h2-4,7-9,12-13,20-21,26,29-30,37H,5-6,10-11,14-19,23-25H2,1H3,(H,45,53)(H,46,52,54)/t29-,30-,37?. The number of halogens is 1. The fourth-order valence-electron chi connectivity index (χ4n) is 8.83. The second kappa shape index (κ2) is 15.6. The van der Waals surface area contributed by atoms with Crippen molar-refractivity contribution >= 4 is 58.2 Å². The largest absolute Gasteiger partial charge is 0.372 e. The Hall–Kier alpha value is -5.45. The highest BCUT2D eigenvalue weighted by Crippen LogP contribution is 2.33. The van der Waals surface area contributed by atoms with E-state index in [1.807, 2.05) is 42.5 Å². The van der Waals surface area contributed by atoms with E-state index < -0.39 is 29.7 Å². The minimum absolute atomic E-state index is 0.0398. The quantitative estimate of drug-likeness (QED) is 0.305. The predicted molar refractivity (Wildman–Crippen MR) is 212 cm³/mol. The summed E-state index contributed by atoms with van der Waals surface area (Å²) in [5.41, 5.74) is 4.73. The summed E-state index contributed by atoms with van der Waals surface area (Å²) in [7, 11) is 2.06. The van der Waals surface area contributed by atoms with Crippen molar-refractivity contribution < 1.29 is 24.0 Å². The van der Waals surface area contributed by atoms with Gasteiger partial charge in [-0.1, -0.05) is 11.6 Å². The average molecular weight is 777 g/mol. The van der Waals surface area contributed by atoms with E-state index in [0.29, 0.717) is 39.2 Å². The summed E-state index contributed by atoms with van der Waals surface area (Å²) < 4.78 is 0. The third-order valence-electron chi connectivity index (χ3n) is 12.2. The lowest BCUT2D eigenvalue weighted by atomic mass is 9.90. The fraction of sp³-hybridized carbons (Fsp3) is 0.429. The number of carbonyl (C=O) groups is 5. The first-order valence-corrected chi connectivity index (χ1v) is 19.9. The molecule has 5 aliphatic rings. The van der Waals surface area contributed by atoms with Gasteiger partial charge in [0.2, 0.25) is 11.8 Å². The van der Waals surface area contributed by atoms with Gasteiger partial charge in [0.05, 0.1) is 21.7 Å². The third-order valence-corrected chi connectivity index (χ3v) is 12.5. The maximum atomic E-state index is 13.3. The number of hydrogen-bond acceptors (Lipinski definition) is 10. The average Bonchev–Trinajstić information content (AvgIpc) is 3.44. The molecule has 2 N–H and O–H groups in total. The van der Waals surface area contributed by atoms with Crippen LogP contribution in [-0.4, -0.2) is 110 Å². The van der Waals surface area contributed by atoms with Gasteiger partial charge in [0.15, 0.2) is 0 Å². The van der Waals surface area contributed by atoms with Crippen molar-refractivity contribution in [1.82, 2.24) is 20.4 Å². The van der Waals surface area contributed by atoms with Crippen molar-refractivity contribution in [1.29, 1.82) is 5.26 Å². The molecule has 1 atom stereocenters. The van der Waals surface area contributed by atoms with Crippen LogP contribution in [0, 0.1) is 17.2 Å². The number of hydrogen-bond donors (Lipinski definition) is 2. The molecule has 4 heterocycles. The van der Waals surface area contributed by atoms with Gasteiger partial charge >= 0.3 is 0 Å². The number of fused-ring (bicyclic) bond motifs is 1. The van der Waals surface area contributed by atoms with Crippen LogP contribution < -0.4 is 25.3 Å². The van der Waals surface area contributed by atoms with Crippen molar-refractivity contribution in [3.63, 3.8) is 0 Å². The van der Waals surface area contributed by atoms with Gasteiger partial charge in [-0.05, 0) is 92.8 Å². The summed E-state index contributed by atoms with van der Waals surface area (Å²) >= 11 is 6.26. The van der Waals surface area contributed by atoms with Crippen molar-refractivity contribution in [3.8, 4) is 6.07 Å². The van der Waals surface area contributed by atoms with E-state index in [9.17, 15) is 29.2 Å². The molecule has 14 heteroatoms. The fourth-order valence-corrected chi connectivity index (χ4v) is 9.05. The Morgan fingerprint density at radius 1 is 0.857 bits per heavy atom. The van der Waals surface area contributed by atoms with Crippen molar-refractivity contribution in [2.24, 2.45) is 5.92 Å². The van der Waals surface area contributed by atoms with Crippen LogP contribution >= 0.6 is 11.6 Å². The van der Waals surface area contributed by atoms with Gasteiger partial charge in [0, 0.05) is 99.9 Å². The first-order valence-electron chi connectivity index (χ1n) is 19.5. The van der Waals surface area contributed by atoms with E-state index in [2.05, 4.69) is 43.4 Å². The molecule has 1 unspecified atom stereocenters. The predicted octanol–water partition coefficient (Wildman–Crippen LogP) is 4.05. The summed E-state index contributed by atoms with van der Waals surface area (Å²) in [6.45, 7) is 6.29. The highest BCUT2D eigenvalue weighted by Gasteiger charge is 2.45. The van der Waals surface area contributed by atoms with E-state index >= 15 is 0 Å². The van der Waals surface area contributed by atoms with Gasteiger partial charge in [-0.15, -0.1) is 0 Å².